The molecule has 0 spiro atoms. The predicted molar refractivity (Wildman–Crippen MR) is 88.9 cm³/mol. The molecule has 0 bridgehead atoms. The van der Waals surface area contributed by atoms with Gasteiger partial charge in [-0.05, 0) is 30.4 Å². The van der Waals surface area contributed by atoms with Gasteiger partial charge in [-0.15, -0.1) is 0 Å². The largest absolute Gasteiger partial charge is 0.397 e. The number of nitrogens with two attached hydrogens (primary N) is 1. The van der Waals surface area contributed by atoms with Crippen LogP contribution in [-0.4, -0.2) is 30.4 Å². The van der Waals surface area contributed by atoms with Crippen molar-refractivity contribution in [1.82, 2.24) is 4.90 Å². The van der Waals surface area contributed by atoms with Crippen LogP contribution in [0.15, 0.2) is 12.1 Å². The molecule has 116 valence electrons. The van der Waals surface area contributed by atoms with Crippen LogP contribution in [0.1, 0.15) is 20.3 Å². The van der Waals surface area contributed by atoms with Crippen LogP contribution in [0.4, 0.5) is 11.4 Å². The Labute approximate surface area is 135 Å². The number of halogens is 2. The fourth-order valence-electron chi connectivity index (χ4n) is 3.03. The third kappa shape index (κ3) is 4.50. The van der Waals surface area contributed by atoms with Crippen LogP contribution in [0.3, 0.4) is 0 Å². The van der Waals surface area contributed by atoms with Crippen LogP contribution in [0.2, 0.25) is 10.0 Å². The highest BCUT2D eigenvalue weighted by Gasteiger charge is 2.23. The van der Waals surface area contributed by atoms with Crippen molar-refractivity contribution in [2.24, 2.45) is 11.8 Å². The van der Waals surface area contributed by atoms with E-state index in [2.05, 4.69) is 24.1 Å². The average molecular weight is 330 g/mol. The van der Waals surface area contributed by atoms with Crippen molar-refractivity contribution in [2.45, 2.75) is 20.3 Å². The van der Waals surface area contributed by atoms with Gasteiger partial charge in [0.1, 0.15) is 0 Å². The molecular formula is C15H21Cl2N3O. The van der Waals surface area contributed by atoms with Gasteiger partial charge < -0.3 is 11.1 Å². The minimum Gasteiger partial charge on any atom is -0.397 e. The molecule has 1 amide bonds. The second-order valence-electron chi connectivity index (χ2n) is 6.04. The number of carbonyl (C=O) groups is 1. The maximum absolute atomic E-state index is 12.2. The van der Waals surface area contributed by atoms with E-state index in [0.29, 0.717) is 39.8 Å². The highest BCUT2D eigenvalue weighted by atomic mass is 35.5. The average Bonchev–Trinajstić information content (AvgIpc) is 2.32. The van der Waals surface area contributed by atoms with Crippen molar-refractivity contribution in [3.05, 3.63) is 22.2 Å². The Hall–Kier alpha value is -0.970. The number of hydrogen-bond acceptors (Lipinski definition) is 3. The van der Waals surface area contributed by atoms with Crippen molar-refractivity contribution in [3.8, 4) is 0 Å². The molecule has 1 aliphatic heterocycles. The summed E-state index contributed by atoms with van der Waals surface area (Å²) in [5.41, 5.74) is 6.66. The molecule has 0 saturated carbocycles. The standard InChI is InChI=1S/C15H21Cl2N3O/c1-9-3-10(2)7-20(6-9)8-14(21)19-15-12(17)4-11(16)5-13(15)18/h4-5,9-10H,3,6-8,18H2,1-2H3,(H,19,21). The van der Waals surface area contributed by atoms with E-state index in [1.165, 1.54) is 6.42 Å². The van der Waals surface area contributed by atoms with E-state index in [9.17, 15) is 4.79 Å². The Bertz CT molecular complexity index is 503. The molecular weight excluding hydrogens is 309 g/mol. The Morgan fingerprint density at radius 1 is 1.33 bits per heavy atom. The summed E-state index contributed by atoms with van der Waals surface area (Å²) in [5.74, 6) is 1.13. The zero-order chi connectivity index (χ0) is 15.6. The normalized spacial score (nSPS) is 23.0. The number of nitrogen functional groups attached to an aromatic ring is 1. The van der Waals surface area contributed by atoms with E-state index in [4.69, 9.17) is 28.9 Å². The number of likely N-dealkylation sites (tertiary alicyclic amines) is 1. The van der Waals surface area contributed by atoms with Gasteiger partial charge in [-0.3, -0.25) is 9.69 Å². The van der Waals surface area contributed by atoms with Gasteiger partial charge in [0.15, 0.2) is 0 Å². The second-order valence-corrected chi connectivity index (χ2v) is 6.88. The lowest BCUT2D eigenvalue weighted by Gasteiger charge is -2.34. The SMILES string of the molecule is CC1CC(C)CN(CC(=O)Nc2c(N)cc(Cl)cc2Cl)C1. The molecule has 2 rings (SSSR count). The van der Waals surface area contributed by atoms with Crippen LogP contribution < -0.4 is 11.1 Å². The van der Waals surface area contributed by atoms with E-state index in [0.717, 1.165) is 13.1 Å². The highest BCUT2D eigenvalue weighted by Crippen LogP contribution is 2.32. The third-order valence-electron chi connectivity index (χ3n) is 3.66. The molecule has 0 aromatic heterocycles. The van der Waals surface area contributed by atoms with Crippen molar-refractivity contribution < 1.29 is 4.79 Å². The maximum Gasteiger partial charge on any atom is 0.238 e. The Balaban J connectivity index is 1.99. The number of nitrogens with zero attached hydrogens (tertiary/aromatic N) is 1. The maximum atomic E-state index is 12.2. The number of benzene rings is 1. The van der Waals surface area contributed by atoms with E-state index in [1.807, 2.05) is 0 Å². The molecule has 4 nitrogen and oxygen atoms in total. The Kier molecular flexibility index (Phi) is 5.36. The van der Waals surface area contributed by atoms with Crippen molar-refractivity contribution >= 4 is 40.5 Å². The molecule has 2 atom stereocenters. The molecule has 3 N–H and O–H groups in total. The van der Waals surface area contributed by atoms with Crippen LogP contribution in [-0.2, 0) is 4.79 Å². The lowest BCUT2D eigenvalue weighted by Crippen LogP contribution is -2.42. The molecule has 1 heterocycles. The van der Waals surface area contributed by atoms with Gasteiger partial charge >= 0.3 is 0 Å². The van der Waals surface area contributed by atoms with Crippen molar-refractivity contribution in [3.63, 3.8) is 0 Å². The van der Waals surface area contributed by atoms with Crippen molar-refractivity contribution in [1.29, 1.82) is 0 Å². The van der Waals surface area contributed by atoms with Gasteiger partial charge in [-0.25, -0.2) is 0 Å². The number of amides is 1. The lowest BCUT2D eigenvalue weighted by atomic mass is 9.92. The van der Waals surface area contributed by atoms with Crippen LogP contribution in [0.5, 0.6) is 0 Å². The van der Waals surface area contributed by atoms with Gasteiger partial charge in [0.25, 0.3) is 0 Å². The summed E-state index contributed by atoms with van der Waals surface area (Å²) in [6, 6.07) is 3.15. The molecule has 1 aromatic carbocycles. The molecule has 1 fully saturated rings. The number of carbonyl (C=O) groups excluding carboxylic acids is 1. The summed E-state index contributed by atoms with van der Waals surface area (Å²) in [7, 11) is 0. The Morgan fingerprint density at radius 2 is 1.95 bits per heavy atom. The fourth-order valence-corrected chi connectivity index (χ4v) is 3.58. The number of piperidine rings is 1. The first-order chi connectivity index (χ1) is 9.85. The van der Waals surface area contributed by atoms with Crippen LogP contribution in [0.25, 0.3) is 0 Å². The first-order valence-electron chi connectivity index (χ1n) is 7.12. The molecule has 1 aliphatic rings. The molecule has 1 aromatic rings. The van der Waals surface area contributed by atoms with E-state index >= 15 is 0 Å². The first-order valence-corrected chi connectivity index (χ1v) is 7.87. The molecule has 6 heteroatoms. The van der Waals surface area contributed by atoms with Gasteiger partial charge in [0, 0.05) is 18.1 Å². The summed E-state index contributed by atoms with van der Waals surface area (Å²) in [5, 5.41) is 3.59. The predicted octanol–water partition coefficient (Wildman–Crippen LogP) is 3.49. The molecule has 21 heavy (non-hydrogen) atoms. The number of nitrogens with one attached hydrogen (secondary N) is 1. The van der Waals surface area contributed by atoms with Crippen LogP contribution >= 0.6 is 23.2 Å². The molecule has 2 unspecified atom stereocenters. The fraction of sp³-hybridized carbons (Fsp3) is 0.533. The number of hydrogen-bond donors (Lipinski definition) is 2. The summed E-state index contributed by atoms with van der Waals surface area (Å²) >= 11 is 11.9. The first kappa shape index (κ1) is 16.4. The summed E-state index contributed by atoms with van der Waals surface area (Å²) in [4.78, 5) is 14.4. The zero-order valence-corrected chi connectivity index (χ0v) is 13.8. The second kappa shape index (κ2) is 6.86. The van der Waals surface area contributed by atoms with Gasteiger partial charge in [0.05, 0.1) is 22.9 Å². The number of rotatable bonds is 3. The topological polar surface area (TPSA) is 58.4 Å². The van der Waals surface area contributed by atoms with E-state index in [-0.39, 0.29) is 5.91 Å². The summed E-state index contributed by atoms with van der Waals surface area (Å²) in [6.45, 7) is 6.68. The van der Waals surface area contributed by atoms with Gasteiger partial charge in [0.2, 0.25) is 5.91 Å². The smallest absolute Gasteiger partial charge is 0.238 e. The monoisotopic (exact) mass is 329 g/mol. The highest BCUT2D eigenvalue weighted by molar-refractivity contribution is 6.37. The van der Waals surface area contributed by atoms with E-state index in [1.54, 1.807) is 12.1 Å². The van der Waals surface area contributed by atoms with Crippen LogP contribution in [0, 0.1) is 11.8 Å². The molecule has 0 radical (unpaired) electrons. The summed E-state index contributed by atoms with van der Waals surface area (Å²) in [6.07, 6.45) is 1.22. The van der Waals surface area contributed by atoms with Gasteiger partial charge in [-0.1, -0.05) is 37.0 Å². The molecule has 1 saturated heterocycles. The van der Waals surface area contributed by atoms with Gasteiger partial charge in [-0.2, -0.15) is 0 Å². The quantitative estimate of drug-likeness (QED) is 0.834. The summed E-state index contributed by atoms with van der Waals surface area (Å²) < 4.78 is 0. The zero-order valence-electron chi connectivity index (χ0n) is 12.3. The third-order valence-corrected chi connectivity index (χ3v) is 4.18. The minimum atomic E-state index is -0.104. The number of anilines is 2. The van der Waals surface area contributed by atoms with E-state index < -0.39 is 0 Å². The molecule has 0 aliphatic carbocycles. The minimum absolute atomic E-state index is 0.104. The lowest BCUT2D eigenvalue weighted by molar-refractivity contribution is -0.117. The van der Waals surface area contributed by atoms with Crippen molar-refractivity contribution in [2.75, 3.05) is 30.7 Å². The Morgan fingerprint density at radius 3 is 2.52 bits per heavy atom.